The van der Waals surface area contributed by atoms with Gasteiger partial charge in [-0.1, -0.05) is 24.3 Å². The summed E-state index contributed by atoms with van der Waals surface area (Å²) in [5.74, 6) is 0. The van der Waals surface area contributed by atoms with Crippen LogP contribution in [0.1, 0.15) is 11.1 Å². The molecule has 2 aromatic heterocycles. The third-order valence-electron chi connectivity index (χ3n) is 3.88. The maximum Gasteiger partial charge on any atom is 0.243 e. The second kappa shape index (κ2) is 6.99. The Labute approximate surface area is 151 Å². The highest BCUT2D eigenvalue weighted by Gasteiger charge is 2.15. The van der Waals surface area contributed by atoms with Crippen molar-refractivity contribution in [1.29, 1.82) is 0 Å². The number of pyridine rings is 1. The number of anilines is 1. The Morgan fingerprint density at radius 3 is 2.60 bits per heavy atom. The predicted octanol–water partition coefficient (Wildman–Crippen LogP) is 2.07. The van der Waals surface area contributed by atoms with Crippen LogP contribution in [0.25, 0.3) is 5.65 Å². The van der Waals surface area contributed by atoms with Gasteiger partial charge in [0.25, 0.3) is 0 Å². The van der Waals surface area contributed by atoms with Crippen LogP contribution in [0.3, 0.4) is 0 Å². The molecule has 3 aromatic rings. The van der Waals surface area contributed by atoms with Crippen molar-refractivity contribution in [3.05, 3.63) is 59.0 Å². The highest BCUT2D eigenvalue weighted by Crippen LogP contribution is 2.21. The number of benzene rings is 1. The van der Waals surface area contributed by atoms with Gasteiger partial charge < -0.3 is 5.32 Å². The molecule has 1 N–H and O–H groups in total. The first kappa shape index (κ1) is 17.7. The number of rotatable bonds is 6. The zero-order valence-corrected chi connectivity index (χ0v) is 15.4. The number of nitrogens with one attached hydrogen (secondary N) is 1. The molecule has 132 valence electrons. The summed E-state index contributed by atoms with van der Waals surface area (Å²) >= 11 is 5.86. The molecule has 0 saturated carbocycles. The summed E-state index contributed by atoms with van der Waals surface area (Å²) in [7, 11) is -1.76. The fraction of sp³-hybridized carbons (Fsp3) is 0.250. The van der Waals surface area contributed by atoms with E-state index in [2.05, 4.69) is 15.4 Å². The minimum absolute atomic E-state index is 0.201. The molecule has 7 nitrogen and oxygen atoms in total. The summed E-state index contributed by atoms with van der Waals surface area (Å²) in [6.45, 7) is 1.06. The number of fused-ring (bicyclic) bond motifs is 1. The Balaban J connectivity index is 1.76. The molecule has 0 aliphatic heterocycles. The molecule has 1 aromatic carbocycles. The van der Waals surface area contributed by atoms with Crippen LogP contribution in [0.4, 0.5) is 5.69 Å². The average Bonchev–Trinajstić information content (AvgIpc) is 2.95. The molecule has 0 spiro atoms. The highest BCUT2D eigenvalue weighted by atomic mass is 35.5. The molecule has 25 heavy (non-hydrogen) atoms. The maximum absolute atomic E-state index is 11.8. The monoisotopic (exact) mass is 379 g/mol. The van der Waals surface area contributed by atoms with Gasteiger partial charge in [-0.25, -0.2) is 12.9 Å². The smallest absolute Gasteiger partial charge is 0.243 e. The van der Waals surface area contributed by atoms with E-state index >= 15 is 0 Å². The first-order valence-corrected chi connectivity index (χ1v) is 9.81. The molecule has 0 amide bonds. The summed E-state index contributed by atoms with van der Waals surface area (Å²) in [5, 5.41) is 7.60. The molecular weight excluding hydrogens is 362 g/mol. The van der Waals surface area contributed by atoms with Gasteiger partial charge in [0.05, 0.1) is 11.9 Å². The molecule has 0 atom stereocenters. The van der Waals surface area contributed by atoms with Gasteiger partial charge >= 0.3 is 0 Å². The lowest BCUT2D eigenvalue weighted by molar-refractivity contribution is 0.600. The minimum atomic E-state index is -3.31. The summed E-state index contributed by atoms with van der Waals surface area (Å²) in [5.41, 5.74) is 3.19. The van der Waals surface area contributed by atoms with E-state index in [4.69, 9.17) is 11.6 Å². The average molecular weight is 380 g/mol. The van der Waals surface area contributed by atoms with Gasteiger partial charge in [0.1, 0.15) is 0 Å². The number of sulfonamides is 1. The fourth-order valence-corrected chi connectivity index (χ4v) is 3.25. The predicted molar refractivity (Wildman–Crippen MR) is 98.2 cm³/mol. The second-order valence-electron chi connectivity index (χ2n) is 5.65. The van der Waals surface area contributed by atoms with Gasteiger partial charge in [0.15, 0.2) is 5.65 Å². The molecule has 0 radical (unpaired) electrons. The third kappa shape index (κ3) is 3.92. The molecule has 2 heterocycles. The normalized spacial score (nSPS) is 11.8. The Morgan fingerprint density at radius 1 is 1.16 bits per heavy atom. The van der Waals surface area contributed by atoms with Gasteiger partial charge in [0, 0.05) is 31.9 Å². The van der Waals surface area contributed by atoms with E-state index in [1.807, 2.05) is 30.3 Å². The van der Waals surface area contributed by atoms with Crippen molar-refractivity contribution in [2.24, 2.45) is 0 Å². The minimum Gasteiger partial charge on any atom is -0.308 e. The lowest BCUT2D eigenvalue weighted by atomic mass is 10.1. The van der Waals surface area contributed by atoms with Crippen LogP contribution >= 0.6 is 11.6 Å². The summed E-state index contributed by atoms with van der Waals surface area (Å²) in [4.78, 5) is 4.21. The van der Waals surface area contributed by atoms with E-state index in [0.717, 1.165) is 11.1 Å². The van der Waals surface area contributed by atoms with E-state index < -0.39 is 10.0 Å². The number of para-hydroxylation sites is 1. The largest absolute Gasteiger partial charge is 0.308 e. The first-order valence-electron chi connectivity index (χ1n) is 7.58. The second-order valence-corrected chi connectivity index (χ2v) is 8.00. The van der Waals surface area contributed by atoms with Crippen molar-refractivity contribution in [3.8, 4) is 0 Å². The SMILES string of the molecule is CN(c1ccccc1CNCc1cccn2nc(Cl)nc12)S(C)(=O)=O. The van der Waals surface area contributed by atoms with Crippen molar-refractivity contribution < 1.29 is 8.42 Å². The molecular formula is C16H18ClN5O2S. The van der Waals surface area contributed by atoms with Gasteiger partial charge in [-0.05, 0) is 29.3 Å². The summed E-state index contributed by atoms with van der Waals surface area (Å²) in [6, 6.07) is 11.2. The van der Waals surface area contributed by atoms with E-state index in [1.54, 1.807) is 23.8 Å². The van der Waals surface area contributed by atoms with Crippen molar-refractivity contribution >= 4 is 33.0 Å². The third-order valence-corrected chi connectivity index (χ3v) is 5.23. The Morgan fingerprint density at radius 2 is 1.84 bits per heavy atom. The standard InChI is InChI=1S/C16H18ClN5O2S/c1-21(25(2,23)24)14-8-4-3-6-12(14)10-18-11-13-7-5-9-22-15(13)19-16(17)20-22/h3-9,18H,10-11H2,1-2H3. The number of aromatic nitrogens is 3. The number of halogens is 1. The Hall–Kier alpha value is -2.16. The van der Waals surface area contributed by atoms with Crippen LogP contribution in [0.2, 0.25) is 5.28 Å². The number of hydrogen-bond donors (Lipinski definition) is 1. The molecule has 0 bridgehead atoms. The lowest BCUT2D eigenvalue weighted by Gasteiger charge is -2.20. The van der Waals surface area contributed by atoms with E-state index in [0.29, 0.717) is 24.4 Å². The van der Waals surface area contributed by atoms with E-state index in [1.165, 1.54) is 10.6 Å². The molecule has 0 unspecified atom stereocenters. The van der Waals surface area contributed by atoms with Crippen LogP contribution < -0.4 is 9.62 Å². The quantitative estimate of drug-likeness (QED) is 0.709. The van der Waals surface area contributed by atoms with Crippen LogP contribution in [0, 0.1) is 0 Å². The molecule has 0 aliphatic rings. The van der Waals surface area contributed by atoms with Crippen LogP contribution in [0.5, 0.6) is 0 Å². The summed E-state index contributed by atoms with van der Waals surface area (Å²) < 4.78 is 26.5. The fourth-order valence-electron chi connectivity index (χ4n) is 2.55. The van der Waals surface area contributed by atoms with Crippen molar-refractivity contribution in [3.63, 3.8) is 0 Å². The van der Waals surface area contributed by atoms with Gasteiger partial charge in [-0.2, -0.15) is 4.98 Å². The Kier molecular flexibility index (Phi) is 4.94. The van der Waals surface area contributed by atoms with Crippen LogP contribution in [-0.2, 0) is 23.1 Å². The van der Waals surface area contributed by atoms with E-state index in [-0.39, 0.29) is 5.28 Å². The highest BCUT2D eigenvalue weighted by molar-refractivity contribution is 7.92. The van der Waals surface area contributed by atoms with Crippen molar-refractivity contribution in [1.82, 2.24) is 19.9 Å². The molecule has 9 heteroatoms. The van der Waals surface area contributed by atoms with Gasteiger partial charge in [-0.3, -0.25) is 4.31 Å². The topological polar surface area (TPSA) is 79.6 Å². The van der Waals surface area contributed by atoms with Gasteiger partial charge in [0.2, 0.25) is 15.3 Å². The zero-order valence-electron chi connectivity index (χ0n) is 13.8. The number of hydrogen-bond acceptors (Lipinski definition) is 5. The summed E-state index contributed by atoms with van der Waals surface area (Å²) in [6.07, 6.45) is 2.97. The molecule has 0 saturated heterocycles. The van der Waals surface area contributed by atoms with E-state index in [9.17, 15) is 8.42 Å². The van der Waals surface area contributed by atoms with Crippen molar-refractivity contribution in [2.75, 3.05) is 17.6 Å². The first-order chi connectivity index (χ1) is 11.9. The maximum atomic E-state index is 11.8. The van der Waals surface area contributed by atoms with Crippen LogP contribution in [0.15, 0.2) is 42.6 Å². The molecule has 3 rings (SSSR count). The Bertz CT molecular complexity index is 1000. The molecule has 0 aliphatic carbocycles. The van der Waals surface area contributed by atoms with Gasteiger partial charge in [-0.15, -0.1) is 5.10 Å². The lowest BCUT2D eigenvalue weighted by Crippen LogP contribution is -2.26. The molecule has 0 fully saturated rings. The van der Waals surface area contributed by atoms with Crippen molar-refractivity contribution in [2.45, 2.75) is 13.1 Å². The number of nitrogens with zero attached hydrogens (tertiary/aromatic N) is 4. The zero-order chi connectivity index (χ0) is 18.0. The van der Waals surface area contributed by atoms with Crippen LogP contribution in [-0.4, -0.2) is 36.3 Å².